The molecule has 13 heteroatoms. The molecule has 3 aromatic rings. The average molecular weight is 680 g/mol. The Morgan fingerprint density at radius 1 is 1.09 bits per heavy atom. The lowest BCUT2D eigenvalue weighted by atomic mass is 9.92. The van der Waals surface area contributed by atoms with Gasteiger partial charge in [-0.25, -0.2) is 4.79 Å². The largest absolute Gasteiger partial charge is 0.370 e. The minimum absolute atomic E-state index is 0.0258. The van der Waals surface area contributed by atoms with Crippen molar-refractivity contribution in [2.24, 2.45) is 11.5 Å². The number of hydrogen-bond donors (Lipinski definition) is 6. The number of nitrogens with one attached hydrogen (secondary N) is 4. The van der Waals surface area contributed by atoms with E-state index in [1.165, 1.54) is 18.3 Å². The van der Waals surface area contributed by atoms with Gasteiger partial charge in [0.1, 0.15) is 23.0 Å². The van der Waals surface area contributed by atoms with E-state index in [9.17, 15) is 19.2 Å². The van der Waals surface area contributed by atoms with Crippen molar-refractivity contribution in [3.05, 3.63) is 64.7 Å². The van der Waals surface area contributed by atoms with Gasteiger partial charge in [-0.3, -0.25) is 24.7 Å². The lowest BCUT2D eigenvalue weighted by Gasteiger charge is -2.37. The minimum atomic E-state index is -1.41. The Morgan fingerprint density at radius 3 is 2.43 bits per heavy atom. The topological polar surface area (TPSA) is 184 Å². The Morgan fingerprint density at radius 2 is 1.79 bits per heavy atom. The zero-order valence-electron chi connectivity index (χ0n) is 26.6. The van der Waals surface area contributed by atoms with E-state index < -0.39 is 35.8 Å². The molecule has 2 aromatic carbocycles. The fourth-order valence-corrected chi connectivity index (χ4v) is 7.28. The molecule has 1 aromatic heterocycles. The van der Waals surface area contributed by atoms with Gasteiger partial charge in [0.25, 0.3) is 5.91 Å². The van der Waals surface area contributed by atoms with Crippen molar-refractivity contribution in [1.29, 1.82) is 5.41 Å². The first kappa shape index (κ1) is 35.6. The molecule has 250 valence electrons. The van der Waals surface area contributed by atoms with E-state index in [1.54, 1.807) is 35.2 Å². The van der Waals surface area contributed by atoms with E-state index in [0.29, 0.717) is 17.0 Å². The maximum atomic E-state index is 15.0. The van der Waals surface area contributed by atoms with E-state index in [0.717, 1.165) is 52.8 Å². The third-order valence-electron chi connectivity index (χ3n) is 8.32. The smallest absolute Gasteiger partial charge is 0.255 e. The number of nitrogens with zero attached hydrogens (tertiary/aromatic N) is 1. The molecule has 0 aliphatic heterocycles. The number of rotatable bonds is 13. The fraction of sp³-hybridized carbons (Fsp3) is 0.412. The molecule has 0 bridgehead atoms. The van der Waals surface area contributed by atoms with E-state index in [1.807, 2.05) is 31.1 Å². The summed E-state index contributed by atoms with van der Waals surface area (Å²) >= 11 is 7.81. The Kier molecular flexibility index (Phi) is 12.6. The van der Waals surface area contributed by atoms with Crippen molar-refractivity contribution in [2.75, 3.05) is 11.4 Å². The van der Waals surface area contributed by atoms with Crippen molar-refractivity contribution < 1.29 is 19.2 Å². The number of fused-ring (bicyclic) bond motifs is 1. The van der Waals surface area contributed by atoms with Gasteiger partial charge in [0, 0.05) is 22.3 Å². The van der Waals surface area contributed by atoms with Gasteiger partial charge in [0.2, 0.25) is 11.8 Å². The van der Waals surface area contributed by atoms with Crippen molar-refractivity contribution in [3.8, 4) is 0 Å². The Bertz CT molecular complexity index is 1650. The summed E-state index contributed by atoms with van der Waals surface area (Å²) in [5, 5.41) is 17.8. The van der Waals surface area contributed by atoms with Crippen molar-refractivity contribution in [1.82, 2.24) is 16.0 Å². The van der Waals surface area contributed by atoms with Crippen LogP contribution in [0.5, 0.6) is 0 Å². The maximum Gasteiger partial charge on any atom is 0.255 e. The van der Waals surface area contributed by atoms with Gasteiger partial charge in [-0.2, -0.15) is 0 Å². The van der Waals surface area contributed by atoms with Crippen LogP contribution in [0, 0.1) is 12.3 Å². The maximum absolute atomic E-state index is 15.0. The Labute approximate surface area is 283 Å². The minimum Gasteiger partial charge on any atom is -0.370 e. The number of amides is 3. The summed E-state index contributed by atoms with van der Waals surface area (Å²) < 4.78 is 0.961. The number of anilines is 1. The predicted octanol–water partition coefficient (Wildman–Crippen LogP) is 4.02. The number of nitrogens with two attached hydrogens (primary N) is 2. The molecule has 1 heterocycles. The lowest BCUT2D eigenvalue weighted by Crippen LogP contribution is -2.57. The molecule has 8 N–H and O–H groups in total. The molecule has 1 aliphatic carbocycles. The van der Waals surface area contributed by atoms with E-state index in [4.69, 9.17) is 28.5 Å². The van der Waals surface area contributed by atoms with Gasteiger partial charge >= 0.3 is 0 Å². The summed E-state index contributed by atoms with van der Waals surface area (Å²) in [5.41, 5.74) is 12.5. The van der Waals surface area contributed by atoms with Crippen LogP contribution >= 0.6 is 22.9 Å². The van der Waals surface area contributed by atoms with Gasteiger partial charge in [0.15, 0.2) is 5.96 Å². The second-order valence-corrected chi connectivity index (χ2v) is 13.3. The first-order chi connectivity index (χ1) is 22.5. The van der Waals surface area contributed by atoms with Crippen molar-refractivity contribution >= 4 is 73.2 Å². The van der Waals surface area contributed by atoms with Crippen LogP contribution in [0.2, 0.25) is 5.02 Å². The number of hydrogen-bond acceptors (Lipinski definition) is 7. The Balaban J connectivity index is 1.78. The molecule has 11 nitrogen and oxygen atoms in total. The second kappa shape index (κ2) is 16.6. The van der Waals surface area contributed by atoms with Gasteiger partial charge in [-0.1, -0.05) is 61.2 Å². The number of benzene rings is 2. The highest BCUT2D eigenvalue weighted by Gasteiger charge is 2.38. The number of guanidine groups is 1. The van der Waals surface area contributed by atoms with Crippen LogP contribution in [0.15, 0.2) is 48.5 Å². The van der Waals surface area contributed by atoms with E-state index in [-0.39, 0.29) is 30.5 Å². The van der Waals surface area contributed by atoms with Crippen LogP contribution in [0.3, 0.4) is 0 Å². The monoisotopic (exact) mass is 679 g/mol. The van der Waals surface area contributed by atoms with E-state index >= 15 is 0 Å². The third-order valence-corrected chi connectivity index (χ3v) is 9.82. The molecular formula is C34H42ClN7O4S. The quantitative estimate of drug-likeness (QED) is 0.0682. The molecule has 0 saturated heterocycles. The first-order valence-electron chi connectivity index (χ1n) is 15.8. The van der Waals surface area contributed by atoms with Gasteiger partial charge in [-0.15, -0.1) is 11.3 Å². The molecule has 0 radical (unpaired) electrons. The molecule has 3 atom stereocenters. The summed E-state index contributed by atoms with van der Waals surface area (Å²) in [6, 6.07) is 10.7. The number of carbonyl (C=O) groups excluding carboxylic acids is 4. The summed E-state index contributed by atoms with van der Waals surface area (Å²) in [7, 11) is 0. The molecule has 3 amide bonds. The number of halogens is 1. The molecule has 0 unspecified atom stereocenters. The summed E-state index contributed by atoms with van der Waals surface area (Å²) in [4.78, 5) is 56.1. The number of carbonyl (C=O) groups is 3. The second-order valence-electron chi connectivity index (χ2n) is 11.8. The van der Waals surface area contributed by atoms with Gasteiger partial charge < -0.3 is 27.4 Å². The lowest BCUT2D eigenvalue weighted by molar-refractivity contribution is -0.131. The van der Waals surface area contributed by atoms with Crippen LogP contribution in [0.25, 0.3) is 15.7 Å². The summed E-state index contributed by atoms with van der Waals surface area (Å²) in [6.45, 7) is 3.73. The zero-order valence-corrected chi connectivity index (χ0v) is 28.2. The predicted molar refractivity (Wildman–Crippen MR) is 188 cm³/mol. The van der Waals surface area contributed by atoms with Crippen LogP contribution in [-0.2, 0) is 19.2 Å². The molecule has 0 spiro atoms. The van der Waals surface area contributed by atoms with Crippen molar-refractivity contribution in [3.63, 3.8) is 0 Å². The third kappa shape index (κ3) is 8.99. The highest BCUT2D eigenvalue weighted by molar-refractivity contribution is 7.23. The molecule has 47 heavy (non-hydrogen) atoms. The highest BCUT2D eigenvalue weighted by atomic mass is 35.5. The first-order valence-corrected chi connectivity index (χ1v) is 17.0. The van der Waals surface area contributed by atoms with Gasteiger partial charge in [0.05, 0.1) is 11.6 Å². The molecule has 1 saturated carbocycles. The van der Waals surface area contributed by atoms with Crippen molar-refractivity contribution in [2.45, 2.75) is 83.0 Å². The summed E-state index contributed by atoms with van der Waals surface area (Å²) in [6.07, 6.45) is 4.99. The zero-order chi connectivity index (χ0) is 34.1. The fourth-order valence-electron chi connectivity index (χ4n) is 5.84. The highest BCUT2D eigenvalue weighted by Crippen LogP contribution is 2.42. The van der Waals surface area contributed by atoms with Crippen LogP contribution in [-0.4, -0.2) is 60.3 Å². The molecule has 1 aliphatic rings. The molecular weight excluding hydrogens is 638 g/mol. The average Bonchev–Trinajstić information content (AvgIpc) is 3.37. The van der Waals surface area contributed by atoms with Crippen LogP contribution in [0.1, 0.15) is 63.0 Å². The molecule has 1 fully saturated rings. The standard InChI is InChI=1S/C34H42ClN7O4S/c1-20-25-18-23(35)15-16-28(25)47-33(20)42(24-12-7-4-8-13-24)32(46)29(26(19-43)22-10-5-3-6-11-22)41-31(45)27(40-30(44)21(2)36)14-9-17-39-34(37)38/h3,5-6,10-11,15-16,18,21,24,27,29H,4,7-9,12-14,17,36H2,1-2H3,(H,40,44)(H,41,45)(H4,37,38,39)/t21-,27-,29-/m0/s1. The molecule has 4 rings (SSSR count). The van der Waals surface area contributed by atoms with Crippen LogP contribution < -0.4 is 32.3 Å². The number of aryl methyl sites for hydroxylation is 1. The van der Waals surface area contributed by atoms with Gasteiger partial charge in [-0.05, 0) is 74.2 Å². The Hall–Kier alpha value is -4.22. The summed E-state index contributed by atoms with van der Waals surface area (Å²) in [5.74, 6) is 0.0606. The van der Waals surface area contributed by atoms with E-state index in [2.05, 4.69) is 16.0 Å². The normalized spacial score (nSPS) is 15.1. The SMILES string of the molecule is Cc1c(N(C(=O)[C@@H](NC(=O)[C@H](CCCNC(=N)N)NC(=O)[C@H](C)N)C(=C=O)c2ccccc2)C2CCCCC2)sc2ccc(Cl)cc12. The van der Waals surface area contributed by atoms with Crippen LogP contribution in [0.4, 0.5) is 5.00 Å². The number of thiophene rings is 1.